The fourth-order valence-corrected chi connectivity index (χ4v) is 16.0. The number of rotatable bonds is 2. The van der Waals surface area contributed by atoms with E-state index in [0.717, 1.165) is 154 Å². The van der Waals surface area contributed by atoms with Gasteiger partial charge in [-0.25, -0.2) is 0 Å². The summed E-state index contributed by atoms with van der Waals surface area (Å²) >= 11 is 0. The van der Waals surface area contributed by atoms with Crippen LogP contribution in [0.3, 0.4) is 0 Å². The molecule has 0 saturated heterocycles. The van der Waals surface area contributed by atoms with Gasteiger partial charge < -0.3 is 0 Å². The van der Waals surface area contributed by atoms with Gasteiger partial charge in [0, 0.05) is 0 Å². The van der Waals surface area contributed by atoms with Gasteiger partial charge in [0.25, 0.3) is 0 Å². The Hall–Kier alpha value is 0. The van der Waals surface area contributed by atoms with E-state index in [1.165, 1.54) is 0 Å². The van der Waals surface area contributed by atoms with Crippen LogP contribution >= 0.6 is 0 Å². The molecule has 6 saturated carbocycles. The zero-order valence-electron chi connectivity index (χ0n) is 36.2. The van der Waals surface area contributed by atoms with Gasteiger partial charge in [-0.15, -0.1) is 0 Å². The van der Waals surface area contributed by atoms with Crippen LogP contribution in [0.25, 0.3) is 0 Å². The maximum Gasteiger partial charge on any atom is -0.0318 e. The monoisotopic (exact) mass is 665 g/mol. The third-order valence-corrected chi connectivity index (χ3v) is 20.0. The molecule has 24 unspecified atom stereocenters. The van der Waals surface area contributed by atoms with Crippen LogP contribution in [0.1, 0.15) is 145 Å². The zero-order chi connectivity index (χ0) is 36.2. The maximum absolute atomic E-state index is 2.74. The molecule has 0 amide bonds. The predicted octanol–water partition coefficient (Wildman–Crippen LogP) is 13.9. The molecule has 0 aromatic heterocycles. The number of hydrogen-bond donors (Lipinski definition) is 0. The lowest BCUT2D eigenvalue weighted by Gasteiger charge is -2.51. The molecule has 0 heterocycles. The highest BCUT2D eigenvalue weighted by Crippen LogP contribution is 2.72. The average Bonchev–Trinajstić information content (AvgIpc) is 3.53. The van der Waals surface area contributed by atoms with E-state index in [4.69, 9.17) is 0 Å². The summed E-state index contributed by atoms with van der Waals surface area (Å²) in [6, 6.07) is 0. The minimum atomic E-state index is 0.500. The third kappa shape index (κ3) is 6.06. The first-order valence-electron chi connectivity index (χ1n) is 22.1. The molecule has 6 fully saturated rings. The summed E-state index contributed by atoms with van der Waals surface area (Å²) in [6.07, 6.45) is 1.58. The Kier molecular flexibility index (Phi) is 11.2. The molecule has 0 aromatic rings. The van der Waals surface area contributed by atoms with Crippen LogP contribution < -0.4 is 0 Å². The van der Waals surface area contributed by atoms with Crippen molar-refractivity contribution < 1.29 is 0 Å². The summed E-state index contributed by atoms with van der Waals surface area (Å²) in [5.41, 5.74) is 0.500. The Labute approximate surface area is 303 Å². The van der Waals surface area contributed by atoms with E-state index in [0.29, 0.717) is 5.41 Å². The lowest BCUT2D eigenvalue weighted by molar-refractivity contribution is -0.0377. The molecular weight excluding hydrogens is 577 g/mol. The van der Waals surface area contributed by atoms with Crippen LogP contribution in [0.5, 0.6) is 0 Å². The fourth-order valence-electron chi connectivity index (χ4n) is 16.0. The Morgan fingerprint density at radius 2 is 0.354 bits per heavy atom. The van der Waals surface area contributed by atoms with Crippen molar-refractivity contribution in [3.05, 3.63) is 0 Å². The lowest BCUT2D eigenvalue weighted by Crippen LogP contribution is -2.46. The van der Waals surface area contributed by atoms with E-state index in [1.54, 1.807) is 6.42 Å². The van der Waals surface area contributed by atoms with Gasteiger partial charge in [0.15, 0.2) is 0 Å². The smallest absolute Gasteiger partial charge is 0.0318 e. The summed E-state index contributed by atoms with van der Waals surface area (Å²) in [5.74, 6) is 23.6. The van der Waals surface area contributed by atoms with Crippen LogP contribution in [0.15, 0.2) is 0 Å². The first-order chi connectivity index (χ1) is 22.1. The molecule has 6 rings (SSSR count). The van der Waals surface area contributed by atoms with E-state index < -0.39 is 0 Å². The van der Waals surface area contributed by atoms with Crippen molar-refractivity contribution in [1.29, 1.82) is 0 Å². The van der Waals surface area contributed by atoms with Crippen LogP contribution in [-0.2, 0) is 0 Å². The Bertz CT molecular complexity index is 920. The number of hydrogen-bond acceptors (Lipinski definition) is 0. The average molecular weight is 665 g/mol. The quantitative estimate of drug-likeness (QED) is 0.276. The van der Waals surface area contributed by atoms with E-state index in [2.05, 4.69) is 138 Å². The lowest BCUT2D eigenvalue weighted by atomic mass is 9.53. The molecule has 0 aromatic carbocycles. The second kappa shape index (κ2) is 13.8. The summed E-state index contributed by atoms with van der Waals surface area (Å²) in [6.45, 7) is 51.7. The molecule has 0 spiro atoms. The van der Waals surface area contributed by atoms with Crippen LogP contribution in [0.4, 0.5) is 0 Å². The highest BCUT2D eigenvalue weighted by atomic mass is 14.7. The largest absolute Gasteiger partial charge is 0.0620 e. The van der Waals surface area contributed by atoms with Gasteiger partial charge in [-0.05, 0) is 166 Å². The summed E-state index contributed by atoms with van der Waals surface area (Å²) in [5, 5.41) is 0. The highest BCUT2D eigenvalue weighted by molar-refractivity contribution is 5.14. The van der Waals surface area contributed by atoms with Crippen molar-refractivity contribution in [3.8, 4) is 0 Å². The molecule has 48 heavy (non-hydrogen) atoms. The molecular formula is C48H88. The van der Waals surface area contributed by atoms with E-state index in [-0.39, 0.29) is 0 Å². The topological polar surface area (TPSA) is 0 Å². The standard InChI is InChI=1S/C43H76.C5H12/c1-18-22(5)30(13)40-36(26(18)9)34(37-27(10)19(2)23(6)31(14)41(37)40)17-35-38-28(11)20(3)24(7)32(15)42(38)43-33(16)25(8)21(4)29(12)39(35)43;1-5(2,3)4/h18-43H,17H2,1-16H3;1-4H3. The van der Waals surface area contributed by atoms with Gasteiger partial charge >= 0.3 is 0 Å². The molecule has 24 atom stereocenters. The third-order valence-electron chi connectivity index (χ3n) is 20.0. The van der Waals surface area contributed by atoms with Crippen molar-refractivity contribution in [2.24, 2.45) is 159 Å². The summed E-state index contributed by atoms with van der Waals surface area (Å²) in [7, 11) is 0. The minimum absolute atomic E-state index is 0.500. The Morgan fingerprint density at radius 3 is 0.500 bits per heavy atom. The molecule has 0 aliphatic heterocycles. The minimum Gasteiger partial charge on any atom is -0.0620 e. The van der Waals surface area contributed by atoms with Gasteiger partial charge in [0.2, 0.25) is 0 Å². The first kappa shape index (κ1) is 39.2. The van der Waals surface area contributed by atoms with E-state index in [9.17, 15) is 0 Å². The molecule has 0 radical (unpaired) electrons. The summed E-state index contributed by atoms with van der Waals surface area (Å²) < 4.78 is 0. The Morgan fingerprint density at radius 1 is 0.229 bits per heavy atom. The molecule has 0 N–H and O–H groups in total. The van der Waals surface area contributed by atoms with Crippen molar-refractivity contribution in [1.82, 2.24) is 0 Å². The highest BCUT2D eigenvalue weighted by Gasteiger charge is 2.67. The van der Waals surface area contributed by atoms with Crippen molar-refractivity contribution in [3.63, 3.8) is 0 Å². The van der Waals surface area contributed by atoms with Crippen molar-refractivity contribution >= 4 is 0 Å². The predicted molar refractivity (Wildman–Crippen MR) is 211 cm³/mol. The SMILES string of the molecule is CC(C)(C)C.CC1C(C)C(C)C2C(C1C)C(CC1C3C(C)C(C)C(C)C(C)C3C3C(C)C(C)C(C)C(C)C13)C1C(C)C(C)C(C)C(C)C12. The molecule has 0 heteroatoms. The van der Waals surface area contributed by atoms with E-state index >= 15 is 0 Å². The summed E-state index contributed by atoms with van der Waals surface area (Å²) in [4.78, 5) is 0. The second-order valence-corrected chi connectivity index (χ2v) is 22.9. The first-order valence-corrected chi connectivity index (χ1v) is 22.1. The van der Waals surface area contributed by atoms with Gasteiger partial charge in [0.1, 0.15) is 0 Å². The molecule has 6 aliphatic carbocycles. The molecule has 0 nitrogen and oxygen atoms in total. The van der Waals surface area contributed by atoms with Crippen molar-refractivity contribution in [2.75, 3.05) is 0 Å². The Balaban J connectivity index is 0.000000840. The van der Waals surface area contributed by atoms with Crippen LogP contribution in [-0.4, -0.2) is 0 Å². The van der Waals surface area contributed by atoms with Crippen LogP contribution in [0, 0.1) is 159 Å². The second-order valence-electron chi connectivity index (χ2n) is 22.9. The van der Waals surface area contributed by atoms with E-state index in [1.807, 2.05) is 0 Å². The maximum atomic E-state index is 2.74. The van der Waals surface area contributed by atoms with Gasteiger partial charge in [-0.1, -0.05) is 138 Å². The fraction of sp³-hybridized carbons (Fsp3) is 1.00. The van der Waals surface area contributed by atoms with Crippen LogP contribution in [0.2, 0.25) is 0 Å². The van der Waals surface area contributed by atoms with Crippen molar-refractivity contribution in [2.45, 2.75) is 145 Å². The molecule has 6 aliphatic rings. The molecule has 0 bridgehead atoms. The zero-order valence-corrected chi connectivity index (χ0v) is 36.2. The normalized spacial score (nSPS) is 61.0. The molecule has 280 valence electrons. The van der Waals surface area contributed by atoms with Gasteiger partial charge in [-0.3, -0.25) is 0 Å². The number of fused-ring (bicyclic) bond motifs is 6. The van der Waals surface area contributed by atoms with Gasteiger partial charge in [-0.2, -0.15) is 0 Å². The van der Waals surface area contributed by atoms with Gasteiger partial charge in [0.05, 0.1) is 0 Å².